The van der Waals surface area contributed by atoms with Crippen LogP contribution in [-0.2, 0) is 26.2 Å². The van der Waals surface area contributed by atoms with Crippen LogP contribution in [0.25, 0.3) is 0 Å². The lowest BCUT2D eigenvalue weighted by molar-refractivity contribution is -0.139. The van der Waals surface area contributed by atoms with Crippen LogP contribution in [0.3, 0.4) is 0 Å². The number of hydrogen-bond donors (Lipinski definition) is 1. The Balaban J connectivity index is 1.70. The summed E-state index contributed by atoms with van der Waals surface area (Å²) in [6.45, 7) is 2.98. The zero-order valence-electron chi connectivity index (χ0n) is 24.6. The highest BCUT2D eigenvalue weighted by Gasteiger charge is 2.34. The van der Waals surface area contributed by atoms with Gasteiger partial charge in [-0.15, -0.1) is 0 Å². The van der Waals surface area contributed by atoms with Crippen LogP contribution in [0.4, 0.5) is 10.1 Å². The third-order valence-electron chi connectivity index (χ3n) is 7.63. The number of carbonyl (C=O) groups is 2. The summed E-state index contributed by atoms with van der Waals surface area (Å²) in [4.78, 5) is 28.8. The fourth-order valence-electron chi connectivity index (χ4n) is 5.14. The molecule has 1 fully saturated rings. The lowest BCUT2D eigenvalue weighted by Crippen LogP contribution is -2.53. The minimum absolute atomic E-state index is 0.00435. The molecule has 1 aliphatic rings. The molecule has 44 heavy (non-hydrogen) atoms. The second-order valence-electron chi connectivity index (χ2n) is 10.6. The summed E-state index contributed by atoms with van der Waals surface area (Å²) in [5.41, 5.74) is 0.493. The van der Waals surface area contributed by atoms with Gasteiger partial charge in [-0.2, -0.15) is 0 Å². The lowest BCUT2D eigenvalue weighted by Gasteiger charge is -2.33. The van der Waals surface area contributed by atoms with Gasteiger partial charge in [0.15, 0.2) is 0 Å². The minimum Gasteiger partial charge on any atom is -0.494 e. The van der Waals surface area contributed by atoms with Crippen molar-refractivity contribution < 1.29 is 27.1 Å². The Labute approximate surface area is 268 Å². The van der Waals surface area contributed by atoms with Crippen molar-refractivity contribution in [3.05, 3.63) is 88.2 Å². The van der Waals surface area contributed by atoms with Gasteiger partial charge < -0.3 is 15.0 Å². The molecule has 2 amide bonds. The smallest absolute Gasteiger partial charge is 0.264 e. The first kappa shape index (κ1) is 33.6. The van der Waals surface area contributed by atoms with E-state index in [4.69, 9.17) is 27.9 Å². The van der Waals surface area contributed by atoms with Gasteiger partial charge in [0.25, 0.3) is 10.0 Å². The Hall–Kier alpha value is -3.34. The first-order valence-electron chi connectivity index (χ1n) is 14.5. The summed E-state index contributed by atoms with van der Waals surface area (Å²) < 4.78 is 48.1. The second-order valence-corrected chi connectivity index (χ2v) is 13.3. The quantitative estimate of drug-likeness (QED) is 0.236. The number of anilines is 1. The van der Waals surface area contributed by atoms with Crippen LogP contribution in [0.15, 0.2) is 71.6 Å². The highest BCUT2D eigenvalue weighted by atomic mass is 35.5. The number of hydrogen-bond acceptors (Lipinski definition) is 5. The maximum absolute atomic E-state index is 14.1. The van der Waals surface area contributed by atoms with Crippen LogP contribution in [-0.4, -0.2) is 50.4 Å². The maximum Gasteiger partial charge on any atom is 0.264 e. The van der Waals surface area contributed by atoms with E-state index in [1.54, 1.807) is 25.1 Å². The fourth-order valence-corrected chi connectivity index (χ4v) is 7.07. The molecule has 0 saturated heterocycles. The van der Waals surface area contributed by atoms with Crippen molar-refractivity contribution in [3.63, 3.8) is 0 Å². The molecular weight excluding hydrogens is 628 g/mol. The van der Waals surface area contributed by atoms with Crippen molar-refractivity contribution in [3.8, 4) is 5.75 Å². The van der Waals surface area contributed by atoms with Gasteiger partial charge in [0.05, 0.1) is 17.2 Å². The zero-order valence-corrected chi connectivity index (χ0v) is 27.0. The number of amides is 2. The number of halogens is 3. The topological polar surface area (TPSA) is 96.0 Å². The normalized spacial score (nSPS) is 14.5. The van der Waals surface area contributed by atoms with Crippen molar-refractivity contribution in [2.75, 3.05) is 17.5 Å². The first-order valence-corrected chi connectivity index (χ1v) is 16.7. The molecule has 0 heterocycles. The molecule has 0 aromatic heterocycles. The van der Waals surface area contributed by atoms with E-state index in [1.165, 1.54) is 41.3 Å². The van der Waals surface area contributed by atoms with E-state index < -0.39 is 34.3 Å². The highest BCUT2D eigenvalue weighted by molar-refractivity contribution is 7.92. The van der Waals surface area contributed by atoms with Crippen molar-refractivity contribution in [2.45, 2.75) is 69.5 Å². The van der Waals surface area contributed by atoms with Gasteiger partial charge in [-0.1, -0.05) is 48.5 Å². The van der Waals surface area contributed by atoms with E-state index in [0.717, 1.165) is 48.5 Å². The number of sulfonamides is 1. The number of ether oxygens (including phenoxy) is 1. The molecule has 3 aromatic rings. The molecular formula is C32H36Cl2FN3O5S. The maximum atomic E-state index is 14.1. The van der Waals surface area contributed by atoms with Crippen LogP contribution >= 0.6 is 23.2 Å². The molecule has 1 atom stereocenters. The van der Waals surface area contributed by atoms with Crippen LogP contribution in [0.5, 0.6) is 5.75 Å². The molecule has 0 spiro atoms. The summed E-state index contributed by atoms with van der Waals surface area (Å²) in [6.07, 6.45) is 4.82. The van der Waals surface area contributed by atoms with Crippen molar-refractivity contribution in [2.24, 2.45) is 0 Å². The first-order chi connectivity index (χ1) is 21.0. The number of nitrogens with one attached hydrogen (secondary N) is 1. The number of benzene rings is 3. The monoisotopic (exact) mass is 663 g/mol. The molecule has 1 N–H and O–H groups in total. The van der Waals surface area contributed by atoms with Crippen LogP contribution in [0.2, 0.25) is 10.0 Å². The molecule has 0 bridgehead atoms. The Morgan fingerprint density at radius 3 is 2.18 bits per heavy atom. The summed E-state index contributed by atoms with van der Waals surface area (Å²) in [7, 11) is -4.33. The Kier molecular flexibility index (Phi) is 11.5. The average Bonchev–Trinajstić information content (AvgIpc) is 3.01. The second kappa shape index (κ2) is 15.1. The Morgan fingerprint density at radius 2 is 1.59 bits per heavy atom. The summed E-state index contributed by atoms with van der Waals surface area (Å²) in [5, 5.41) is 3.65. The number of rotatable bonds is 12. The van der Waals surface area contributed by atoms with Gasteiger partial charge in [0.2, 0.25) is 11.8 Å². The largest absolute Gasteiger partial charge is 0.494 e. The van der Waals surface area contributed by atoms with E-state index in [1.807, 2.05) is 6.92 Å². The predicted molar refractivity (Wildman–Crippen MR) is 170 cm³/mol. The van der Waals surface area contributed by atoms with E-state index in [0.29, 0.717) is 28.0 Å². The SMILES string of the molecule is CCOc1ccc(S(=O)(=O)N(CC(=O)N(Cc2c(Cl)cccc2Cl)[C@@H](C)C(=O)NC2CCCCC2)c2ccc(F)cc2)cc1. The highest BCUT2D eigenvalue weighted by Crippen LogP contribution is 2.29. The summed E-state index contributed by atoms with van der Waals surface area (Å²) >= 11 is 12.9. The predicted octanol–water partition coefficient (Wildman–Crippen LogP) is 6.59. The van der Waals surface area contributed by atoms with Crippen molar-refractivity contribution in [1.82, 2.24) is 10.2 Å². The van der Waals surface area contributed by atoms with Gasteiger partial charge in [-0.05, 0) is 87.4 Å². The standard InChI is InChI=1S/C32H36Cl2FN3O5S/c1-3-43-26-16-18-27(19-17-26)44(41,42)38(25-14-12-23(35)13-15-25)21-31(39)37(20-28-29(33)10-7-11-30(28)34)22(2)32(40)36-24-8-5-4-6-9-24/h7,10-19,22,24H,3-6,8-9,20-21H2,1-2H3,(H,36,40)/t22-/m0/s1. The lowest BCUT2D eigenvalue weighted by atomic mass is 9.95. The van der Waals surface area contributed by atoms with Crippen LogP contribution < -0.4 is 14.4 Å². The molecule has 1 saturated carbocycles. The molecule has 4 rings (SSSR count). The van der Waals surface area contributed by atoms with E-state index >= 15 is 0 Å². The van der Waals surface area contributed by atoms with Gasteiger partial charge in [-0.25, -0.2) is 12.8 Å². The molecule has 12 heteroatoms. The molecule has 0 unspecified atom stereocenters. The molecule has 0 aliphatic heterocycles. The van der Waals surface area contributed by atoms with E-state index in [9.17, 15) is 22.4 Å². The third-order valence-corrected chi connectivity index (χ3v) is 10.1. The molecule has 3 aromatic carbocycles. The van der Waals surface area contributed by atoms with Gasteiger partial charge >= 0.3 is 0 Å². The molecule has 8 nitrogen and oxygen atoms in total. The minimum atomic E-state index is -4.33. The van der Waals surface area contributed by atoms with Gasteiger partial charge in [0, 0.05) is 28.2 Å². The molecule has 1 aliphatic carbocycles. The summed E-state index contributed by atoms with van der Waals surface area (Å²) in [5.74, 6) is -1.12. The Bertz CT molecular complexity index is 1530. The van der Waals surface area contributed by atoms with Gasteiger partial charge in [0.1, 0.15) is 24.2 Å². The Morgan fingerprint density at radius 1 is 0.977 bits per heavy atom. The summed E-state index contributed by atoms with van der Waals surface area (Å²) in [6, 6.07) is 14.5. The van der Waals surface area contributed by atoms with E-state index in [-0.39, 0.29) is 29.1 Å². The van der Waals surface area contributed by atoms with Crippen LogP contribution in [0.1, 0.15) is 51.5 Å². The van der Waals surface area contributed by atoms with Gasteiger partial charge in [-0.3, -0.25) is 13.9 Å². The molecule has 236 valence electrons. The van der Waals surface area contributed by atoms with Crippen molar-refractivity contribution in [1.29, 1.82) is 0 Å². The van der Waals surface area contributed by atoms with E-state index in [2.05, 4.69) is 5.32 Å². The van der Waals surface area contributed by atoms with Crippen LogP contribution in [0, 0.1) is 5.82 Å². The fraction of sp³-hybridized carbons (Fsp3) is 0.375. The zero-order chi connectivity index (χ0) is 31.9. The number of nitrogens with zero attached hydrogens (tertiary/aromatic N) is 2. The molecule has 0 radical (unpaired) electrons. The van der Waals surface area contributed by atoms with Crippen molar-refractivity contribution >= 4 is 50.7 Å². The average molecular weight is 665 g/mol. The number of carbonyl (C=O) groups excluding carboxylic acids is 2. The third kappa shape index (κ3) is 8.22.